The summed E-state index contributed by atoms with van der Waals surface area (Å²) in [5.41, 5.74) is 2.47. The van der Waals surface area contributed by atoms with E-state index in [9.17, 15) is 13.9 Å². The van der Waals surface area contributed by atoms with E-state index in [0.29, 0.717) is 25.3 Å². The van der Waals surface area contributed by atoms with Crippen LogP contribution in [-0.4, -0.2) is 47.3 Å². The van der Waals surface area contributed by atoms with E-state index in [2.05, 4.69) is 4.90 Å². The van der Waals surface area contributed by atoms with Gasteiger partial charge in [-0.25, -0.2) is 8.78 Å². The van der Waals surface area contributed by atoms with Gasteiger partial charge in [-0.3, -0.25) is 4.90 Å². The van der Waals surface area contributed by atoms with Crippen LogP contribution in [0.25, 0.3) is 10.9 Å². The zero-order valence-electron chi connectivity index (χ0n) is 15.3. The van der Waals surface area contributed by atoms with Crippen LogP contribution in [0.3, 0.4) is 0 Å². The molecule has 4 nitrogen and oxygen atoms in total. The van der Waals surface area contributed by atoms with Crippen LogP contribution in [0.1, 0.15) is 11.7 Å². The zero-order valence-corrected chi connectivity index (χ0v) is 15.3. The molecule has 1 N–H and O–H groups in total. The summed E-state index contributed by atoms with van der Waals surface area (Å²) in [5, 5.41) is 11.8. The van der Waals surface area contributed by atoms with Gasteiger partial charge >= 0.3 is 0 Å². The van der Waals surface area contributed by atoms with Gasteiger partial charge < -0.3 is 14.6 Å². The number of anilines is 1. The fourth-order valence-corrected chi connectivity index (χ4v) is 3.89. The summed E-state index contributed by atoms with van der Waals surface area (Å²) in [4.78, 5) is 4.11. The van der Waals surface area contributed by atoms with E-state index in [4.69, 9.17) is 0 Å². The molecule has 4 rings (SSSR count). The molecule has 1 aliphatic heterocycles. The van der Waals surface area contributed by atoms with Gasteiger partial charge in [-0.2, -0.15) is 0 Å². The maximum Gasteiger partial charge on any atom is 0.149 e. The number of benzene rings is 2. The van der Waals surface area contributed by atoms with Crippen molar-refractivity contribution in [2.75, 3.05) is 37.6 Å². The molecule has 1 aromatic heterocycles. The number of rotatable bonds is 4. The van der Waals surface area contributed by atoms with Gasteiger partial charge in [0.2, 0.25) is 0 Å². The Kier molecular flexibility index (Phi) is 4.85. The lowest BCUT2D eigenvalue weighted by atomic mass is 10.1. The standard InChI is InChI=1S/C21H23F2N3O/c1-24-13-17(16-4-2-3-5-19(16)24)21(27)14-25-8-10-26(11-9-25)20-7-6-15(22)12-18(20)23/h2-7,12-13,21,27H,8-11,14H2,1H3. The van der Waals surface area contributed by atoms with Gasteiger partial charge in [-0.05, 0) is 18.2 Å². The molecule has 0 radical (unpaired) electrons. The van der Waals surface area contributed by atoms with Crippen molar-refractivity contribution in [3.05, 3.63) is 65.9 Å². The highest BCUT2D eigenvalue weighted by Gasteiger charge is 2.23. The molecule has 1 atom stereocenters. The van der Waals surface area contributed by atoms with Gasteiger partial charge in [-0.15, -0.1) is 0 Å². The lowest BCUT2D eigenvalue weighted by molar-refractivity contribution is 0.110. The van der Waals surface area contributed by atoms with Gasteiger partial charge in [-0.1, -0.05) is 18.2 Å². The van der Waals surface area contributed by atoms with Crippen LogP contribution in [0.2, 0.25) is 0 Å². The minimum absolute atomic E-state index is 0.436. The third-order valence-electron chi connectivity index (χ3n) is 5.34. The monoisotopic (exact) mass is 371 g/mol. The van der Waals surface area contributed by atoms with Crippen LogP contribution < -0.4 is 4.90 Å². The number of aromatic nitrogens is 1. The number of β-amino-alcohol motifs (C(OH)–C–C–N with tert-alkyl or cyclic N) is 1. The minimum atomic E-state index is -0.579. The molecule has 2 heterocycles. The second-order valence-electron chi connectivity index (χ2n) is 7.11. The number of hydrogen-bond acceptors (Lipinski definition) is 3. The molecule has 6 heteroatoms. The van der Waals surface area contributed by atoms with E-state index in [0.717, 1.165) is 35.6 Å². The highest BCUT2D eigenvalue weighted by molar-refractivity contribution is 5.84. The van der Waals surface area contributed by atoms with E-state index in [1.807, 2.05) is 47.0 Å². The Morgan fingerprint density at radius 1 is 1.04 bits per heavy atom. The number of aryl methyl sites for hydroxylation is 1. The molecule has 0 aliphatic carbocycles. The van der Waals surface area contributed by atoms with Crippen LogP contribution >= 0.6 is 0 Å². The summed E-state index contributed by atoms with van der Waals surface area (Å²) < 4.78 is 29.1. The highest BCUT2D eigenvalue weighted by atomic mass is 19.1. The van der Waals surface area contributed by atoms with Crippen molar-refractivity contribution >= 4 is 16.6 Å². The number of fused-ring (bicyclic) bond motifs is 1. The average Bonchev–Trinajstić information content (AvgIpc) is 3.00. The molecule has 27 heavy (non-hydrogen) atoms. The summed E-state index contributed by atoms with van der Waals surface area (Å²) >= 11 is 0. The third-order valence-corrected chi connectivity index (χ3v) is 5.34. The number of nitrogens with zero attached hydrogens (tertiary/aromatic N) is 3. The number of aliphatic hydroxyl groups excluding tert-OH is 1. The molecule has 2 aromatic carbocycles. The van der Waals surface area contributed by atoms with Gasteiger partial charge in [0.15, 0.2) is 0 Å². The zero-order chi connectivity index (χ0) is 19.0. The Morgan fingerprint density at radius 2 is 1.78 bits per heavy atom. The number of piperazine rings is 1. The van der Waals surface area contributed by atoms with Gasteiger partial charge in [0, 0.05) is 68.5 Å². The molecule has 1 fully saturated rings. The first-order valence-corrected chi connectivity index (χ1v) is 9.17. The third kappa shape index (κ3) is 3.55. The van der Waals surface area contributed by atoms with Crippen molar-refractivity contribution in [1.29, 1.82) is 0 Å². The maximum atomic E-state index is 14.0. The Labute approximate surface area is 157 Å². The first-order valence-electron chi connectivity index (χ1n) is 9.17. The predicted octanol–water partition coefficient (Wildman–Crippen LogP) is 3.31. The lowest BCUT2D eigenvalue weighted by Gasteiger charge is -2.37. The largest absolute Gasteiger partial charge is 0.387 e. The van der Waals surface area contributed by atoms with Crippen LogP contribution in [0, 0.1) is 11.6 Å². The van der Waals surface area contributed by atoms with Crippen LogP contribution in [0.5, 0.6) is 0 Å². The van der Waals surface area contributed by atoms with Crippen molar-refractivity contribution < 1.29 is 13.9 Å². The molecule has 0 amide bonds. The first-order chi connectivity index (χ1) is 13.0. The van der Waals surface area contributed by atoms with Crippen LogP contribution in [0.4, 0.5) is 14.5 Å². The van der Waals surface area contributed by atoms with Crippen LogP contribution in [-0.2, 0) is 7.05 Å². The van der Waals surface area contributed by atoms with Crippen molar-refractivity contribution in [3.8, 4) is 0 Å². The second-order valence-corrected chi connectivity index (χ2v) is 7.11. The van der Waals surface area contributed by atoms with E-state index < -0.39 is 17.7 Å². The Balaban J connectivity index is 1.41. The summed E-state index contributed by atoms with van der Waals surface area (Å²) in [6.45, 7) is 3.26. The van der Waals surface area contributed by atoms with Crippen molar-refractivity contribution in [3.63, 3.8) is 0 Å². The van der Waals surface area contributed by atoms with Gasteiger partial charge in [0.25, 0.3) is 0 Å². The Hall–Kier alpha value is -2.44. The molecule has 3 aromatic rings. The van der Waals surface area contributed by atoms with Crippen molar-refractivity contribution in [2.24, 2.45) is 7.05 Å². The van der Waals surface area contributed by atoms with E-state index in [1.54, 1.807) is 0 Å². The van der Waals surface area contributed by atoms with Gasteiger partial charge in [0.05, 0.1) is 11.8 Å². The number of halogens is 2. The molecule has 0 bridgehead atoms. The number of aliphatic hydroxyl groups is 1. The SMILES string of the molecule is Cn1cc(C(O)CN2CCN(c3ccc(F)cc3F)CC2)c2ccccc21. The normalized spacial score (nSPS) is 16.8. The number of para-hydroxylation sites is 1. The van der Waals surface area contributed by atoms with Crippen LogP contribution in [0.15, 0.2) is 48.7 Å². The van der Waals surface area contributed by atoms with Crippen molar-refractivity contribution in [2.45, 2.75) is 6.10 Å². The van der Waals surface area contributed by atoms with E-state index >= 15 is 0 Å². The quantitative estimate of drug-likeness (QED) is 0.764. The molecular formula is C21H23F2N3O. The molecule has 0 saturated carbocycles. The summed E-state index contributed by atoms with van der Waals surface area (Å²) in [5.74, 6) is -1.09. The molecule has 142 valence electrons. The highest BCUT2D eigenvalue weighted by Crippen LogP contribution is 2.27. The van der Waals surface area contributed by atoms with Gasteiger partial charge in [0.1, 0.15) is 11.6 Å². The van der Waals surface area contributed by atoms with E-state index in [-0.39, 0.29) is 0 Å². The summed E-state index contributed by atoms with van der Waals surface area (Å²) in [6, 6.07) is 11.7. The van der Waals surface area contributed by atoms with E-state index in [1.165, 1.54) is 12.1 Å². The second kappa shape index (κ2) is 7.29. The smallest absolute Gasteiger partial charge is 0.149 e. The summed E-state index contributed by atoms with van der Waals surface area (Å²) in [6.07, 6.45) is 1.41. The fraction of sp³-hybridized carbons (Fsp3) is 0.333. The lowest BCUT2D eigenvalue weighted by Crippen LogP contribution is -2.47. The molecular weight excluding hydrogens is 348 g/mol. The minimum Gasteiger partial charge on any atom is -0.387 e. The Morgan fingerprint density at radius 3 is 2.52 bits per heavy atom. The first kappa shape index (κ1) is 17.9. The number of hydrogen-bond donors (Lipinski definition) is 1. The topological polar surface area (TPSA) is 31.6 Å². The molecule has 1 unspecified atom stereocenters. The molecule has 1 saturated heterocycles. The fourth-order valence-electron chi connectivity index (χ4n) is 3.89. The molecule has 1 aliphatic rings. The predicted molar refractivity (Wildman–Crippen MR) is 103 cm³/mol. The maximum absolute atomic E-state index is 14.0. The van der Waals surface area contributed by atoms with Crippen molar-refractivity contribution in [1.82, 2.24) is 9.47 Å². The Bertz CT molecular complexity index is 948. The summed E-state index contributed by atoms with van der Waals surface area (Å²) in [7, 11) is 1.98. The average molecular weight is 371 g/mol. The molecule has 0 spiro atoms.